The first kappa shape index (κ1) is 14.8. The average molecular weight is 298 g/mol. The summed E-state index contributed by atoms with van der Waals surface area (Å²) in [5.41, 5.74) is -0.866. The Morgan fingerprint density at radius 1 is 1.10 bits per heavy atom. The molecule has 2 N–H and O–H groups in total. The SMILES string of the molecule is CC(CO)(Nc1ccc(Cl)cc1)c1c(F)cccc1F. The molecule has 5 heteroatoms. The molecule has 0 bridgehead atoms. The van der Waals surface area contributed by atoms with Crippen molar-refractivity contribution in [2.45, 2.75) is 12.5 Å². The van der Waals surface area contributed by atoms with Gasteiger partial charge in [-0.05, 0) is 43.3 Å². The predicted octanol–water partition coefficient (Wildman–Crippen LogP) is 3.94. The van der Waals surface area contributed by atoms with Gasteiger partial charge >= 0.3 is 0 Å². The van der Waals surface area contributed by atoms with Crippen molar-refractivity contribution in [3.05, 3.63) is 64.7 Å². The van der Waals surface area contributed by atoms with Gasteiger partial charge in [0.15, 0.2) is 0 Å². The van der Waals surface area contributed by atoms with E-state index in [1.54, 1.807) is 24.3 Å². The van der Waals surface area contributed by atoms with Gasteiger partial charge in [0.05, 0.1) is 17.7 Å². The van der Waals surface area contributed by atoms with Crippen LogP contribution in [0, 0.1) is 11.6 Å². The molecule has 0 amide bonds. The van der Waals surface area contributed by atoms with Gasteiger partial charge in [-0.25, -0.2) is 8.78 Å². The van der Waals surface area contributed by atoms with Gasteiger partial charge in [-0.3, -0.25) is 0 Å². The molecule has 20 heavy (non-hydrogen) atoms. The molecule has 0 saturated heterocycles. The highest BCUT2D eigenvalue weighted by Gasteiger charge is 2.32. The summed E-state index contributed by atoms with van der Waals surface area (Å²) in [5.74, 6) is -1.41. The molecule has 0 aliphatic rings. The zero-order valence-electron chi connectivity index (χ0n) is 10.8. The summed E-state index contributed by atoms with van der Waals surface area (Å²) in [7, 11) is 0. The highest BCUT2D eigenvalue weighted by atomic mass is 35.5. The van der Waals surface area contributed by atoms with E-state index in [4.69, 9.17) is 11.6 Å². The molecular weight excluding hydrogens is 284 g/mol. The lowest BCUT2D eigenvalue weighted by Crippen LogP contribution is -2.37. The minimum absolute atomic E-state index is 0.197. The molecule has 2 aromatic rings. The van der Waals surface area contributed by atoms with Crippen molar-refractivity contribution in [3.63, 3.8) is 0 Å². The van der Waals surface area contributed by atoms with E-state index in [9.17, 15) is 13.9 Å². The summed E-state index contributed by atoms with van der Waals surface area (Å²) in [4.78, 5) is 0. The highest BCUT2D eigenvalue weighted by molar-refractivity contribution is 6.30. The average Bonchev–Trinajstić information content (AvgIpc) is 2.41. The zero-order chi connectivity index (χ0) is 14.8. The lowest BCUT2D eigenvalue weighted by molar-refractivity contribution is 0.216. The summed E-state index contributed by atoms with van der Waals surface area (Å²) in [6.07, 6.45) is 0. The highest BCUT2D eigenvalue weighted by Crippen LogP contribution is 2.30. The van der Waals surface area contributed by atoms with Crippen molar-refractivity contribution < 1.29 is 13.9 Å². The Labute approximate surface area is 121 Å². The molecule has 2 nitrogen and oxygen atoms in total. The van der Waals surface area contributed by atoms with Gasteiger partial charge in [0.25, 0.3) is 0 Å². The van der Waals surface area contributed by atoms with Crippen LogP contribution in [0.15, 0.2) is 42.5 Å². The van der Waals surface area contributed by atoms with Crippen LogP contribution >= 0.6 is 11.6 Å². The van der Waals surface area contributed by atoms with Crippen molar-refractivity contribution in [1.82, 2.24) is 0 Å². The fourth-order valence-corrected chi connectivity index (χ4v) is 2.18. The molecule has 0 aliphatic heterocycles. The number of anilines is 1. The molecule has 1 atom stereocenters. The number of rotatable bonds is 4. The van der Waals surface area contributed by atoms with Gasteiger partial charge < -0.3 is 10.4 Å². The summed E-state index contributed by atoms with van der Waals surface area (Å²) in [6, 6.07) is 10.3. The molecule has 0 heterocycles. The number of benzene rings is 2. The first-order valence-corrected chi connectivity index (χ1v) is 6.43. The summed E-state index contributed by atoms with van der Waals surface area (Å²) in [6.45, 7) is 1.07. The molecular formula is C15H14ClF2NO. The van der Waals surface area contributed by atoms with Crippen molar-refractivity contribution in [1.29, 1.82) is 0 Å². The Morgan fingerprint density at radius 3 is 2.15 bits per heavy atom. The first-order chi connectivity index (χ1) is 9.46. The third-order valence-electron chi connectivity index (χ3n) is 3.10. The van der Waals surface area contributed by atoms with Gasteiger partial charge in [0, 0.05) is 10.7 Å². The van der Waals surface area contributed by atoms with Crippen LogP contribution in [0.1, 0.15) is 12.5 Å². The third kappa shape index (κ3) is 2.92. The van der Waals surface area contributed by atoms with Gasteiger partial charge in [-0.1, -0.05) is 17.7 Å². The first-order valence-electron chi connectivity index (χ1n) is 6.05. The number of aliphatic hydroxyl groups excluding tert-OH is 1. The van der Waals surface area contributed by atoms with Crippen LogP contribution in [0.2, 0.25) is 5.02 Å². The Bertz CT molecular complexity index is 583. The van der Waals surface area contributed by atoms with E-state index in [0.29, 0.717) is 10.7 Å². The fraction of sp³-hybridized carbons (Fsp3) is 0.200. The number of halogens is 3. The Kier molecular flexibility index (Phi) is 4.26. The molecule has 0 spiro atoms. The minimum Gasteiger partial charge on any atom is -0.394 e. The van der Waals surface area contributed by atoms with Crippen LogP contribution in [0.3, 0.4) is 0 Å². The maximum atomic E-state index is 13.9. The van der Waals surface area contributed by atoms with E-state index in [2.05, 4.69) is 5.32 Å². The molecule has 0 aliphatic carbocycles. The molecule has 0 saturated carbocycles. The van der Waals surface area contributed by atoms with Crippen LogP contribution in [0.4, 0.5) is 14.5 Å². The summed E-state index contributed by atoms with van der Waals surface area (Å²) in [5, 5.41) is 13.1. The summed E-state index contributed by atoms with van der Waals surface area (Å²) < 4.78 is 27.8. The Morgan fingerprint density at radius 2 is 1.65 bits per heavy atom. The fourth-order valence-electron chi connectivity index (χ4n) is 2.06. The molecule has 1 unspecified atom stereocenters. The van der Waals surface area contributed by atoms with Crippen molar-refractivity contribution in [3.8, 4) is 0 Å². The van der Waals surface area contributed by atoms with Gasteiger partial charge in [-0.2, -0.15) is 0 Å². The molecule has 0 radical (unpaired) electrons. The van der Waals surface area contributed by atoms with Crippen molar-refractivity contribution >= 4 is 17.3 Å². The van der Waals surface area contributed by atoms with Crippen molar-refractivity contribution in [2.24, 2.45) is 0 Å². The van der Waals surface area contributed by atoms with Gasteiger partial charge in [0.1, 0.15) is 11.6 Å². The zero-order valence-corrected chi connectivity index (χ0v) is 11.6. The standard InChI is InChI=1S/C15H14ClF2NO/c1-15(9-20,14-12(17)3-2-4-13(14)18)19-11-7-5-10(16)6-8-11/h2-8,19-20H,9H2,1H3. The van der Waals surface area contributed by atoms with E-state index >= 15 is 0 Å². The molecule has 0 fully saturated rings. The van der Waals surface area contributed by atoms with E-state index < -0.39 is 23.8 Å². The Hall–Kier alpha value is -1.65. The van der Waals surface area contributed by atoms with Crippen LogP contribution in [-0.4, -0.2) is 11.7 Å². The largest absolute Gasteiger partial charge is 0.394 e. The molecule has 106 valence electrons. The lowest BCUT2D eigenvalue weighted by Gasteiger charge is -2.31. The second-order valence-electron chi connectivity index (χ2n) is 4.72. The van der Waals surface area contributed by atoms with E-state index in [1.807, 2.05) is 0 Å². The molecule has 0 aromatic heterocycles. The normalized spacial score (nSPS) is 13.8. The van der Waals surface area contributed by atoms with Gasteiger partial charge in [-0.15, -0.1) is 0 Å². The van der Waals surface area contributed by atoms with E-state index in [1.165, 1.54) is 13.0 Å². The number of nitrogens with one attached hydrogen (secondary N) is 1. The van der Waals surface area contributed by atoms with Crippen LogP contribution < -0.4 is 5.32 Å². The second-order valence-corrected chi connectivity index (χ2v) is 5.16. The monoisotopic (exact) mass is 297 g/mol. The molecule has 2 aromatic carbocycles. The number of hydrogen-bond donors (Lipinski definition) is 2. The number of hydrogen-bond acceptors (Lipinski definition) is 2. The van der Waals surface area contributed by atoms with E-state index in [0.717, 1.165) is 12.1 Å². The van der Waals surface area contributed by atoms with E-state index in [-0.39, 0.29) is 5.56 Å². The minimum atomic E-state index is -1.27. The predicted molar refractivity (Wildman–Crippen MR) is 75.9 cm³/mol. The number of aliphatic hydroxyl groups is 1. The van der Waals surface area contributed by atoms with Gasteiger partial charge in [0.2, 0.25) is 0 Å². The lowest BCUT2D eigenvalue weighted by atomic mass is 9.91. The third-order valence-corrected chi connectivity index (χ3v) is 3.35. The smallest absolute Gasteiger partial charge is 0.131 e. The maximum absolute atomic E-state index is 13.9. The van der Waals surface area contributed by atoms with Crippen LogP contribution in [0.5, 0.6) is 0 Å². The summed E-state index contributed by atoms with van der Waals surface area (Å²) >= 11 is 5.79. The Balaban J connectivity index is 2.41. The quantitative estimate of drug-likeness (QED) is 0.896. The second kappa shape index (κ2) is 5.77. The topological polar surface area (TPSA) is 32.3 Å². The van der Waals surface area contributed by atoms with Crippen molar-refractivity contribution in [2.75, 3.05) is 11.9 Å². The maximum Gasteiger partial charge on any atom is 0.131 e. The van der Waals surface area contributed by atoms with Crippen LogP contribution in [0.25, 0.3) is 0 Å². The van der Waals surface area contributed by atoms with Crippen LogP contribution in [-0.2, 0) is 5.54 Å². The molecule has 2 rings (SSSR count).